The molecule has 0 atom stereocenters. The summed E-state index contributed by atoms with van der Waals surface area (Å²) in [5.74, 6) is -1.20. The van der Waals surface area contributed by atoms with Crippen molar-refractivity contribution in [3.8, 4) is 0 Å². The number of carbonyl (C=O) groups is 1. The number of anilines is 1. The second-order valence-corrected chi connectivity index (χ2v) is 10.2. The van der Waals surface area contributed by atoms with Crippen LogP contribution in [0.15, 0.2) is 53.0 Å². The first-order chi connectivity index (χ1) is 13.4. The fraction of sp³-hybridized carbons (Fsp3) is 0.381. The summed E-state index contributed by atoms with van der Waals surface area (Å²) in [7, 11) is -3.54. The normalized spacial score (nSPS) is 15.3. The van der Waals surface area contributed by atoms with Gasteiger partial charge in [0, 0.05) is 16.7 Å². The minimum absolute atomic E-state index is 0.158. The quantitative estimate of drug-likeness (QED) is 0.672. The molecule has 150 valence electrons. The van der Waals surface area contributed by atoms with E-state index in [-0.39, 0.29) is 5.75 Å². The fourth-order valence-electron chi connectivity index (χ4n) is 3.45. The number of amides is 1. The summed E-state index contributed by atoms with van der Waals surface area (Å²) in [6.07, 6.45) is 3.75. The van der Waals surface area contributed by atoms with Gasteiger partial charge in [0.05, 0.1) is 5.75 Å². The maximum atomic E-state index is 12.4. The summed E-state index contributed by atoms with van der Waals surface area (Å²) in [4.78, 5) is 14.7. The maximum absolute atomic E-state index is 12.4. The fourth-order valence-corrected chi connectivity index (χ4v) is 5.16. The van der Waals surface area contributed by atoms with Crippen LogP contribution >= 0.6 is 15.9 Å². The van der Waals surface area contributed by atoms with Crippen molar-refractivity contribution >= 4 is 37.4 Å². The minimum Gasteiger partial charge on any atom is -0.325 e. The molecule has 0 aliphatic carbocycles. The van der Waals surface area contributed by atoms with Crippen molar-refractivity contribution in [2.45, 2.75) is 31.6 Å². The van der Waals surface area contributed by atoms with Crippen LogP contribution in [-0.4, -0.2) is 38.1 Å². The van der Waals surface area contributed by atoms with Gasteiger partial charge in [-0.1, -0.05) is 46.6 Å². The molecule has 0 radical (unpaired) electrons. The first-order valence-electron chi connectivity index (χ1n) is 9.46. The van der Waals surface area contributed by atoms with E-state index in [1.807, 2.05) is 24.3 Å². The highest BCUT2D eigenvalue weighted by Gasteiger charge is 2.18. The average Bonchev–Trinajstić information content (AvgIpc) is 2.61. The summed E-state index contributed by atoms with van der Waals surface area (Å²) < 4.78 is 25.5. The van der Waals surface area contributed by atoms with Crippen molar-refractivity contribution in [3.05, 3.63) is 64.1 Å². The Kier molecular flexibility index (Phi) is 7.26. The van der Waals surface area contributed by atoms with E-state index >= 15 is 0 Å². The third-order valence-corrected chi connectivity index (χ3v) is 6.66. The smallest absolute Gasteiger partial charge is 0.239 e. The molecule has 1 aliphatic rings. The van der Waals surface area contributed by atoms with Crippen LogP contribution in [-0.2, 0) is 26.9 Å². The molecule has 1 fully saturated rings. The molecule has 1 N–H and O–H groups in total. The van der Waals surface area contributed by atoms with E-state index in [9.17, 15) is 13.2 Å². The van der Waals surface area contributed by atoms with Crippen LogP contribution < -0.4 is 5.32 Å². The molecule has 0 saturated carbocycles. The lowest BCUT2D eigenvalue weighted by Gasteiger charge is -2.26. The van der Waals surface area contributed by atoms with Gasteiger partial charge in [0.15, 0.2) is 9.84 Å². The summed E-state index contributed by atoms with van der Waals surface area (Å²) in [6, 6.07) is 14.7. The molecule has 0 bridgehead atoms. The van der Waals surface area contributed by atoms with E-state index in [4.69, 9.17) is 0 Å². The number of benzene rings is 2. The van der Waals surface area contributed by atoms with Crippen LogP contribution in [0.1, 0.15) is 30.4 Å². The van der Waals surface area contributed by atoms with Crippen molar-refractivity contribution in [2.75, 3.05) is 24.2 Å². The first kappa shape index (κ1) is 21.0. The zero-order valence-corrected chi connectivity index (χ0v) is 18.1. The Hall–Kier alpha value is -1.70. The third kappa shape index (κ3) is 6.72. The van der Waals surface area contributed by atoms with Gasteiger partial charge in [-0.2, -0.15) is 0 Å². The molecule has 2 aromatic rings. The first-order valence-corrected chi connectivity index (χ1v) is 12.1. The predicted octanol–water partition coefficient (Wildman–Crippen LogP) is 3.99. The largest absolute Gasteiger partial charge is 0.325 e. The Bertz CT molecular complexity index is 925. The number of sulfone groups is 1. The van der Waals surface area contributed by atoms with Gasteiger partial charge in [-0.25, -0.2) is 8.42 Å². The van der Waals surface area contributed by atoms with E-state index in [1.165, 1.54) is 19.3 Å². The number of hydrogen-bond acceptors (Lipinski definition) is 4. The molecule has 28 heavy (non-hydrogen) atoms. The predicted molar refractivity (Wildman–Crippen MR) is 116 cm³/mol. The zero-order valence-electron chi connectivity index (χ0n) is 15.7. The van der Waals surface area contributed by atoms with Crippen LogP contribution in [0.25, 0.3) is 0 Å². The molecule has 2 aromatic carbocycles. The van der Waals surface area contributed by atoms with E-state index in [2.05, 4.69) is 26.1 Å². The molecular weight excluding hydrogens is 440 g/mol. The molecular formula is C21H25BrN2O3S. The van der Waals surface area contributed by atoms with Crippen molar-refractivity contribution in [2.24, 2.45) is 0 Å². The van der Waals surface area contributed by atoms with E-state index in [0.717, 1.165) is 29.7 Å². The Morgan fingerprint density at radius 1 is 1.00 bits per heavy atom. The highest BCUT2D eigenvalue weighted by Crippen LogP contribution is 2.17. The van der Waals surface area contributed by atoms with Crippen LogP contribution in [0.3, 0.4) is 0 Å². The standard InChI is InChI=1S/C21H25BrN2O3S/c22-19-8-4-7-18(12-19)15-28(26,27)16-21(25)23-20-9-5-6-17(13-20)14-24-10-2-1-3-11-24/h4-9,12-13H,1-3,10-11,14-16H2,(H,23,25). The van der Waals surface area contributed by atoms with Gasteiger partial charge >= 0.3 is 0 Å². The molecule has 0 spiro atoms. The van der Waals surface area contributed by atoms with Crippen molar-refractivity contribution in [1.82, 2.24) is 4.90 Å². The van der Waals surface area contributed by atoms with Crippen LogP contribution in [0.5, 0.6) is 0 Å². The second kappa shape index (κ2) is 9.67. The number of halogens is 1. The van der Waals surface area contributed by atoms with Crippen molar-refractivity contribution in [1.29, 1.82) is 0 Å². The number of nitrogens with one attached hydrogen (secondary N) is 1. The molecule has 1 saturated heterocycles. The molecule has 1 amide bonds. The van der Waals surface area contributed by atoms with E-state index in [0.29, 0.717) is 11.3 Å². The Morgan fingerprint density at radius 3 is 2.46 bits per heavy atom. The van der Waals surface area contributed by atoms with E-state index < -0.39 is 21.5 Å². The van der Waals surface area contributed by atoms with Gasteiger partial charge in [0.1, 0.15) is 5.75 Å². The van der Waals surface area contributed by atoms with Gasteiger partial charge in [-0.15, -0.1) is 0 Å². The average molecular weight is 465 g/mol. The minimum atomic E-state index is -3.54. The number of carbonyl (C=O) groups excluding carboxylic acids is 1. The lowest BCUT2D eigenvalue weighted by Crippen LogP contribution is -2.29. The highest BCUT2D eigenvalue weighted by atomic mass is 79.9. The van der Waals surface area contributed by atoms with E-state index in [1.54, 1.807) is 24.3 Å². The SMILES string of the molecule is O=C(CS(=O)(=O)Cc1cccc(Br)c1)Nc1cccc(CN2CCCCC2)c1. The second-order valence-electron chi connectivity index (χ2n) is 7.25. The molecule has 1 aliphatic heterocycles. The van der Waals surface area contributed by atoms with Crippen LogP contribution in [0.4, 0.5) is 5.69 Å². The van der Waals surface area contributed by atoms with Gasteiger partial charge in [0.2, 0.25) is 5.91 Å². The monoisotopic (exact) mass is 464 g/mol. The summed E-state index contributed by atoms with van der Waals surface area (Å²) in [6.45, 7) is 3.06. The molecule has 3 rings (SSSR count). The van der Waals surface area contributed by atoms with Gasteiger partial charge in [-0.05, 0) is 61.3 Å². The van der Waals surface area contributed by atoms with Crippen molar-refractivity contribution < 1.29 is 13.2 Å². The lowest BCUT2D eigenvalue weighted by molar-refractivity contribution is -0.113. The molecule has 0 unspecified atom stereocenters. The molecule has 0 aromatic heterocycles. The number of rotatable bonds is 7. The summed E-state index contributed by atoms with van der Waals surface area (Å²) in [5.41, 5.74) is 2.42. The Morgan fingerprint density at radius 2 is 1.71 bits per heavy atom. The third-order valence-electron chi connectivity index (χ3n) is 4.69. The number of piperidine rings is 1. The topological polar surface area (TPSA) is 66.5 Å². The highest BCUT2D eigenvalue weighted by molar-refractivity contribution is 9.10. The Labute approximate surface area is 175 Å². The maximum Gasteiger partial charge on any atom is 0.239 e. The summed E-state index contributed by atoms with van der Waals surface area (Å²) >= 11 is 3.33. The summed E-state index contributed by atoms with van der Waals surface area (Å²) in [5, 5.41) is 2.73. The number of likely N-dealkylation sites (tertiary alicyclic amines) is 1. The number of nitrogens with zero attached hydrogens (tertiary/aromatic N) is 1. The van der Waals surface area contributed by atoms with Gasteiger partial charge in [0.25, 0.3) is 0 Å². The van der Waals surface area contributed by atoms with Crippen LogP contribution in [0.2, 0.25) is 0 Å². The van der Waals surface area contributed by atoms with Crippen LogP contribution in [0, 0.1) is 0 Å². The van der Waals surface area contributed by atoms with Crippen molar-refractivity contribution in [3.63, 3.8) is 0 Å². The molecule has 7 heteroatoms. The lowest BCUT2D eigenvalue weighted by atomic mass is 10.1. The van der Waals surface area contributed by atoms with Gasteiger partial charge < -0.3 is 5.32 Å². The molecule has 1 heterocycles. The Balaban J connectivity index is 1.57. The van der Waals surface area contributed by atoms with Gasteiger partial charge in [-0.3, -0.25) is 9.69 Å². The molecule has 5 nitrogen and oxygen atoms in total. The number of hydrogen-bond donors (Lipinski definition) is 1. The zero-order chi connectivity index (χ0) is 20.0.